The number of benzene rings is 1. The molecule has 0 aliphatic rings. The third kappa shape index (κ3) is 2.76. The van der Waals surface area contributed by atoms with Crippen LogP contribution in [-0.2, 0) is 0 Å². The van der Waals surface area contributed by atoms with E-state index in [9.17, 15) is 4.39 Å². The Morgan fingerprint density at radius 1 is 1.36 bits per heavy atom. The zero-order chi connectivity index (χ0) is 10.6. The second-order valence-electron chi connectivity index (χ2n) is 2.59. The lowest BCUT2D eigenvalue weighted by Gasteiger charge is -2.05. The summed E-state index contributed by atoms with van der Waals surface area (Å²) in [4.78, 5) is 0. The summed E-state index contributed by atoms with van der Waals surface area (Å²) >= 11 is 11.1. The first-order chi connectivity index (χ1) is 6.65. The number of hydrogen-bond acceptors (Lipinski definition) is 2. The molecule has 2 nitrogen and oxygen atoms in total. The summed E-state index contributed by atoms with van der Waals surface area (Å²) in [6.07, 6.45) is 0.368. The van der Waals surface area contributed by atoms with Gasteiger partial charge in [0.2, 0.25) is 0 Å². The maximum Gasteiger partial charge on any atom is 0.160 e. The highest BCUT2D eigenvalue weighted by atomic mass is 35.5. The van der Waals surface area contributed by atoms with E-state index in [-0.39, 0.29) is 10.0 Å². The second kappa shape index (κ2) is 5.04. The van der Waals surface area contributed by atoms with Crippen molar-refractivity contribution in [3.63, 3.8) is 0 Å². The first-order valence-electron chi connectivity index (χ1n) is 3.90. The predicted octanol–water partition coefficient (Wildman–Crippen LogP) is 3.46. The molecule has 0 aliphatic carbocycles. The molecule has 14 heavy (non-hydrogen) atoms. The molecule has 74 valence electrons. The largest absolute Gasteiger partial charge is 0.384 e. The monoisotopic (exact) mass is 232 g/mol. The average molecular weight is 233 g/mol. The summed E-state index contributed by atoms with van der Waals surface area (Å²) in [6.45, 7) is 0.481. The zero-order valence-corrected chi connectivity index (χ0v) is 8.66. The Morgan fingerprint density at radius 3 is 2.43 bits per heavy atom. The highest BCUT2D eigenvalue weighted by Gasteiger charge is 2.06. The van der Waals surface area contributed by atoms with Crippen molar-refractivity contribution in [1.29, 1.82) is 5.26 Å². The molecule has 1 aromatic rings. The fourth-order valence-electron chi connectivity index (χ4n) is 0.920. The van der Waals surface area contributed by atoms with Crippen LogP contribution in [0.3, 0.4) is 0 Å². The van der Waals surface area contributed by atoms with E-state index >= 15 is 0 Å². The van der Waals surface area contributed by atoms with Gasteiger partial charge in [0.1, 0.15) is 0 Å². The standard InChI is InChI=1S/C9H7Cl2FN2/c10-7-4-6(14-3-1-2-13)5-8(11)9(7)12/h4-5,14H,1,3H2. The van der Waals surface area contributed by atoms with E-state index in [0.29, 0.717) is 18.7 Å². The topological polar surface area (TPSA) is 35.8 Å². The van der Waals surface area contributed by atoms with Crippen LogP contribution in [0.25, 0.3) is 0 Å². The maximum atomic E-state index is 13.0. The Morgan fingerprint density at radius 2 is 1.93 bits per heavy atom. The van der Waals surface area contributed by atoms with Crippen LogP contribution in [0, 0.1) is 17.1 Å². The first kappa shape index (κ1) is 11.1. The predicted molar refractivity (Wildman–Crippen MR) is 55.1 cm³/mol. The first-order valence-corrected chi connectivity index (χ1v) is 4.66. The van der Waals surface area contributed by atoms with Crippen molar-refractivity contribution in [2.75, 3.05) is 11.9 Å². The zero-order valence-electron chi connectivity index (χ0n) is 7.15. The van der Waals surface area contributed by atoms with Crippen molar-refractivity contribution in [3.05, 3.63) is 28.0 Å². The molecule has 0 heterocycles. The van der Waals surface area contributed by atoms with Crippen molar-refractivity contribution < 1.29 is 4.39 Å². The maximum absolute atomic E-state index is 13.0. The van der Waals surface area contributed by atoms with Crippen molar-refractivity contribution >= 4 is 28.9 Å². The Balaban J connectivity index is 2.75. The lowest BCUT2D eigenvalue weighted by atomic mass is 10.3. The van der Waals surface area contributed by atoms with Gasteiger partial charge in [-0.25, -0.2) is 4.39 Å². The number of hydrogen-bond donors (Lipinski definition) is 1. The van der Waals surface area contributed by atoms with Gasteiger partial charge >= 0.3 is 0 Å². The van der Waals surface area contributed by atoms with Gasteiger partial charge in [0.15, 0.2) is 5.82 Å². The molecule has 0 saturated carbocycles. The lowest BCUT2D eigenvalue weighted by Crippen LogP contribution is -2.00. The summed E-state index contributed by atoms with van der Waals surface area (Å²) in [5, 5.41) is 11.1. The van der Waals surface area contributed by atoms with E-state index in [0.717, 1.165) is 0 Å². The minimum atomic E-state index is -0.626. The molecular weight excluding hydrogens is 226 g/mol. The molecule has 0 aliphatic heterocycles. The Hall–Kier alpha value is -0.980. The van der Waals surface area contributed by atoms with E-state index in [1.807, 2.05) is 6.07 Å². The van der Waals surface area contributed by atoms with Crippen LogP contribution in [0.5, 0.6) is 0 Å². The van der Waals surface area contributed by atoms with Gasteiger partial charge in [0, 0.05) is 12.2 Å². The highest BCUT2D eigenvalue weighted by molar-refractivity contribution is 6.35. The third-order valence-electron chi connectivity index (χ3n) is 1.55. The molecule has 1 N–H and O–H groups in total. The molecule has 0 saturated heterocycles. The third-order valence-corrected chi connectivity index (χ3v) is 2.10. The van der Waals surface area contributed by atoms with Crippen molar-refractivity contribution in [2.24, 2.45) is 0 Å². The number of anilines is 1. The average Bonchev–Trinajstić information content (AvgIpc) is 2.14. The van der Waals surface area contributed by atoms with Crippen LogP contribution in [0.2, 0.25) is 10.0 Å². The minimum absolute atomic E-state index is 0.0306. The molecule has 0 radical (unpaired) electrons. The molecule has 0 amide bonds. The van der Waals surface area contributed by atoms with E-state index in [1.54, 1.807) is 0 Å². The van der Waals surface area contributed by atoms with Crippen molar-refractivity contribution in [1.82, 2.24) is 0 Å². The van der Waals surface area contributed by atoms with Gasteiger partial charge in [-0.3, -0.25) is 0 Å². The van der Waals surface area contributed by atoms with E-state index < -0.39 is 5.82 Å². The smallest absolute Gasteiger partial charge is 0.160 e. The van der Waals surface area contributed by atoms with E-state index in [2.05, 4.69) is 5.32 Å². The van der Waals surface area contributed by atoms with Crippen LogP contribution in [-0.4, -0.2) is 6.54 Å². The van der Waals surface area contributed by atoms with E-state index in [1.165, 1.54) is 12.1 Å². The summed E-state index contributed by atoms with van der Waals surface area (Å²) < 4.78 is 13.0. The lowest BCUT2D eigenvalue weighted by molar-refractivity contribution is 0.629. The van der Waals surface area contributed by atoms with Crippen LogP contribution in [0.15, 0.2) is 12.1 Å². The Labute approximate surface area is 91.2 Å². The molecule has 0 spiro atoms. The van der Waals surface area contributed by atoms with Crippen LogP contribution >= 0.6 is 23.2 Å². The SMILES string of the molecule is N#CCCNc1cc(Cl)c(F)c(Cl)c1. The number of halogens is 3. The van der Waals surface area contributed by atoms with Crippen LogP contribution < -0.4 is 5.32 Å². The molecule has 5 heteroatoms. The van der Waals surface area contributed by atoms with Gasteiger partial charge < -0.3 is 5.32 Å². The molecule has 0 fully saturated rings. The van der Waals surface area contributed by atoms with Gasteiger partial charge in [-0.2, -0.15) is 5.26 Å². The van der Waals surface area contributed by atoms with Crippen LogP contribution in [0.1, 0.15) is 6.42 Å². The molecular formula is C9H7Cl2FN2. The van der Waals surface area contributed by atoms with Crippen molar-refractivity contribution in [3.8, 4) is 6.07 Å². The summed E-state index contributed by atoms with van der Waals surface area (Å²) in [6, 6.07) is 4.84. The normalized spacial score (nSPS) is 9.57. The molecule has 1 aromatic carbocycles. The summed E-state index contributed by atoms with van der Waals surface area (Å²) in [5.41, 5.74) is 0.608. The summed E-state index contributed by atoms with van der Waals surface area (Å²) in [5.74, 6) is -0.626. The van der Waals surface area contributed by atoms with Gasteiger partial charge in [-0.15, -0.1) is 0 Å². The van der Waals surface area contributed by atoms with Crippen LogP contribution in [0.4, 0.5) is 10.1 Å². The molecule has 1 rings (SSSR count). The highest BCUT2D eigenvalue weighted by Crippen LogP contribution is 2.27. The molecule has 0 unspecified atom stereocenters. The summed E-state index contributed by atoms with van der Waals surface area (Å²) in [7, 11) is 0. The Kier molecular flexibility index (Phi) is 3.99. The molecule has 0 aromatic heterocycles. The Bertz CT molecular complexity index is 351. The number of nitrogens with zero attached hydrogens (tertiary/aromatic N) is 1. The number of nitriles is 1. The van der Waals surface area contributed by atoms with Gasteiger partial charge in [0.05, 0.1) is 22.5 Å². The van der Waals surface area contributed by atoms with E-state index in [4.69, 9.17) is 28.5 Å². The van der Waals surface area contributed by atoms with Gasteiger partial charge in [-0.05, 0) is 12.1 Å². The minimum Gasteiger partial charge on any atom is -0.384 e. The fourth-order valence-corrected chi connectivity index (χ4v) is 1.41. The van der Waals surface area contributed by atoms with Gasteiger partial charge in [0.25, 0.3) is 0 Å². The molecule has 0 atom stereocenters. The number of rotatable bonds is 3. The fraction of sp³-hybridized carbons (Fsp3) is 0.222. The van der Waals surface area contributed by atoms with Crippen molar-refractivity contribution in [2.45, 2.75) is 6.42 Å². The molecule has 0 bridgehead atoms. The van der Waals surface area contributed by atoms with Gasteiger partial charge in [-0.1, -0.05) is 23.2 Å². The number of nitrogens with one attached hydrogen (secondary N) is 1. The quantitative estimate of drug-likeness (QED) is 0.640. The second-order valence-corrected chi connectivity index (χ2v) is 3.40.